The number of hydrogen-bond acceptors (Lipinski definition) is 10. The fourth-order valence-electron chi connectivity index (χ4n) is 3.12. The van der Waals surface area contributed by atoms with Crippen molar-refractivity contribution >= 4 is 35.5 Å². The summed E-state index contributed by atoms with van der Waals surface area (Å²) in [5.74, 6) is -2.61. The first-order valence-corrected chi connectivity index (χ1v) is 11.5. The van der Waals surface area contributed by atoms with E-state index in [-0.39, 0.29) is 43.8 Å². The summed E-state index contributed by atoms with van der Waals surface area (Å²) in [5, 5.41) is 3.21. The molecule has 0 aromatic heterocycles. The Morgan fingerprint density at radius 1 is 0.800 bits per heavy atom. The molecule has 0 bridgehead atoms. The van der Waals surface area contributed by atoms with Gasteiger partial charge in [0.15, 0.2) is 0 Å². The number of hydrogen-bond donors (Lipinski definition) is 1. The van der Waals surface area contributed by atoms with Crippen molar-refractivity contribution in [2.45, 2.75) is 38.5 Å². The molecule has 0 spiro atoms. The molecule has 2 aliphatic heterocycles. The summed E-state index contributed by atoms with van der Waals surface area (Å²) >= 11 is 0. The second-order valence-corrected chi connectivity index (χ2v) is 7.64. The molecule has 35 heavy (non-hydrogen) atoms. The molecule has 1 N–H and O–H groups in total. The van der Waals surface area contributed by atoms with E-state index in [9.17, 15) is 28.8 Å². The molecule has 0 aromatic rings. The lowest BCUT2D eigenvalue weighted by Gasteiger charge is -2.13. The largest absolute Gasteiger partial charge is 0.377 e. The van der Waals surface area contributed by atoms with E-state index in [0.29, 0.717) is 57.2 Å². The Morgan fingerprint density at radius 2 is 1.40 bits per heavy atom. The van der Waals surface area contributed by atoms with E-state index < -0.39 is 24.4 Å². The number of nitrogens with one attached hydrogen (secondary N) is 1. The van der Waals surface area contributed by atoms with Crippen molar-refractivity contribution in [3.05, 3.63) is 12.2 Å². The summed E-state index contributed by atoms with van der Waals surface area (Å²) in [4.78, 5) is 74.6. The van der Waals surface area contributed by atoms with E-state index in [1.54, 1.807) is 0 Å². The van der Waals surface area contributed by atoms with Crippen LogP contribution >= 0.6 is 0 Å². The predicted molar refractivity (Wildman–Crippen MR) is 117 cm³/mol. The van der Waals surface area contributed by atoms with Crippen LogP contribution in [0.15, 0.2) is 12.2 Å². The van der Waals surface area contributed by atoms with Gasteiger partial charge in [0.1, 0.15) is 6.61 Å². The SMILES string of the molecule is O=C(CCCCCN1C(=O)C=CC1=O)NCCOCCOCCOCC(=O)ON1C(=O)CCC1=O. The van der Waals surface area contributed by atoms with Crippen LogP contribution in [0.2, 0.25) is 0 Å². The minimum atomic E-state index is -0.841. The molecule has 0 saturated carbocycles. The van der Waals surface area contributed by atoms with Crippen molar-refractivity contribution in [1.29, 1.82) is 0 Å². The van der Waals surface area contributed by atoms with Gasteiger partial charge < -0.3 is 24.4 Å². The quantitative estimate of drug-likeness (QED) is 0.189. The zero-order chi connectivity index (χ0) is 25.5. The highest BCUT2D eigenvalue weighted by Crippen LogP contribution is 2.12. The molecule has 0 unspecified atom stereocenters. The van der Waals surface area contributed by atoms with Gasteiger partial charge in [0.05, 0.1) is 33.0 Å². The van der Waals surface area contributed by atoms with Gasteiger partial charge in [0.25, 0.3) is 23.6 Å². The monoisotopic (exact) mass is 497 g/mol. The smallest absolute Gasteiger partial charge is 0.358 e. The molecule has 2 rings (SSSR count). The Balaban J connectivity index is 1.31. The summed E-state index contributed by atoms with van der Waals surface area (Å²) < 4.78 is 15.7. The summed E-state index contributed by atoms with van der Waals surface area (Å²) in [6.07, 6.45) is 5.00. The molecule has 0 aliphatic carbocycles. The summed E-state index contributed by atoms with van der Waals surface area (Å²) in [5.41, 5.74) is 0. The Bertz CT molecular complexity index is 779. The topological polar surface area (TPSA) is 158 Å². The van der Waals surface area contributed by atoms with Crippen LogP contribution in [0.25, 0.3) is 0 Å². The first-order chi connectivity index (χ1) is 16.9. The lowest BCUT2D eigenvalue weighted by atomic mass is 10.2. The summed E-state index contributed by atoms with van der Waals surface area (Å²) in [6.45, 7) is 1.61. The van der Waals surface area contributed by atoms with Crippen LogP contribution in [-0.2, 0) is 47.8 Å². The molecular weight excluding hydrogens is 466 g/mol. The maximum absolute atomic E-state index is 11.8. The number of ether oxygens (including phenoxy) is 3. The van der Waals surface area contributed by atoms with Gasteiger partial charge in [-0.25, -0.2) is 4.79 Å². The van der Waals surface area contributed by atoms with Gasteiger partial charge in [0, 0.05) is 44.5 Å². The number of carbonyl (C=O) groups is 6. The number of amides is 5. The van der Waals surface area contributed by atoms with E-state index in [0.717, 1.165) is 6.42 Å². The summed E-state index contributed by atoms with van der Waals surface area (Å²) in [7, 11) is 0. The number of hydroxylamine groups is 2. The lowest BCUT2D eigenvalue weighted by Crippen LogP contribution is -2.33. The predicted octanol–water partition coefficient (Wildman–Crippen LogP) is -0.755. The number of nitrogens with zero attached hydrogens (tertiary/aromatic N) is 2. The van der Waals surface area contributed by atoms with E-state index in [1.807, 2.05) is 0 Å². The minimum Gasteiger partial charge on any atom is -0.377 e. The average molecular weight is 498 g/mol. The van der Waals surface area contributed by atoms with Crippen molar-refractivity contribution in [2.24, 2.45) is 0 Å². The average Bonchev–Trinajstić information content (AvgIpc) is 3.32. The third kappa shape index (κ3) is 10.8. The van der Waals surface area contributed by atoms with Crippen LogP contribution in [0.5, 0.6) is 0 Å². The van der Waals surface area contributed by atoms with Crippen molar-refractivity contribution in [2.75, 3.05) is 52.7 Å². The highest BCUT2D eigenvalue weighted by atomic mass is 16.7. The Kier molecular flexibility index (Phi) is 12.6. The molecule has 1 saturated heterocycles. The van der Waals surface area contributed by atoms with Gasteiger partial charge in [-0.3, -0.25) is 28.9 Å². The van der Waals surface area contributed by atoms with Gasteiger partial charge >= 0.3 is 5.97 Å². The zero-order valence-corrected chi connectivity index (χ0v) is 19.5. The number of rotatable bonds is 18. The van der Waals surface area contributed by atoms with Crippen LogP contribution in [0.1, 0.15) is 38.5 Å². The lowest BCUT2D eigenvalue weighted by molar-refractivity contribution is -0.200. The molecule has 13 nitrogen and oxygen atoms in total. The molecule has 0 atom stereocenters. The van der Waals surface area contributed by atoms with Crippen LogP contribution < -0.4 is 5.32 Å². The molecule has 13 heteroatoms. The maximum Gasteiger partial charge on any atom is 0.358 e. The highest BCUT2D eigenvalue weighted by Gasteiger charge is 2.32. The Labute approximate surface area is 202 Å². The molecule has 0 radical (unpaired) electrons. The first kappa shape index (κ1) is 28.1. The standard InChI is InChI=1S/C22H31N3O10/c26-17(4-2-1-3-10-24-18(27)5-6-19(24)28)23-9-11-32-12-13-33-14-15-34-16-22(31)35-25-20(29)7-8-21(25)30/h5-6H,1-4,7-16H2,(H,23,26). The van der Waals surface area contributed by atoms with Gasteiger partial charge in [-0.15, -0.1) is 5.06 Å². The summed E-state index contributed by atoms with van der Waals surface area (Å²) in [6, 6.07) is 0. The van der Waals surface area contributed by atoms with E-state index >= 15 is 0 Å². The first-order valence-electron chi connectivity index (χ1n) is 11.5. The van der Waals surface area contributed by atoms with E-state index in [4.69, 9.17) is 14.2 Å². The van der Waals surface area contributed by atoms with Gasteiger partial charge in [-0.2, -0.15) is 0 Å². The van der Waals surface area contributed by atoms with E-state index in [1.165, 1.54) is 17.1 Å². The molecular formula is C22H31N3O10. The zero-order valence-electron chi connectivity index (χ0n) is 19.5. The van der Waals surface area contributed by atoms with Crippen LogP contribution in [-0.4, -0.2) is 98.2 Å². The number of unbranched alkanes of at least 4 members (excludes halogenated alkanes) is 2. The third-order valence-corrected chi connectivity index (χ3v) is 4.92. The van der Waals surface area contributed by atoms with Crippen LogP contribution in [0.4, 0.5) is 0 Å². The third-order valence-electron chi connectivity index (χ3n) is 4.92. The number of imide groups is 2. The Morgan fingerprint density at radius 3 is 2.06 bits per heavy atom. The highest BCUT2D eigenvalue weighted by molar-refractivity contribution is 6.12. The van der Waals surface area contributed by atoms with Crippen molar-refractivity contribution in [3.8, 4) is 0 Å². The van der Waals surface area contributed by atoms with Crippen LogP contribution in [0.3, 0.4) is 0 Å². The van der Waals surface area contributed by atoms with Crippen molar-refractivity contribution in [1.82, 2.24) is 15.3 Å². The molecule has 2 aliphatic rings. The number of carbonyl (C=O) groups excluding carboxylic acids is 6. The molecule has 2 heterocycles. The fourth-order valence-corrected chi connectivity index (χ4v) is 3.12. The minimum absolute atomic E-state index is 0.0301. The van der Waals surface area contributed by atoms with E-state index in [2.05, 4.69) is 10.2 Å². The second-order valence-electron chi connectivity index (χ2n) is 7.64. The molecule has 5 amide bonds. The normalized spacial score (nSPS) is 15.4. The van der Waals surface area contributed by atoms with Gasteiger partial charge in [-0.1, -0.05) is 6.42 Å². The van der Waals surface area contributed by atoms with Gasteiger partial charge in [-0.05, 0) is 12.8 Å². The Hall–Kier alpha value is -3.16. The molecule has 194 valence electrons. The van der Waals surface area contributed by atoms with Crippen LogP contribution in [0, 0.1) is 0 Å². The van der Waals surface area contributed by atoms with Crippen molar-refractivity contribution < 1.29 is 47.8 Å². The van der Waals surface area contributed by atoms with Gasteiger partial charge in [0.2, 0.25) is 5.91 Å². The maximum atomic E-state index is 11.8. The molecule has 0 aromatic carbocycles. The fraction of sp³-hybridized carbons (Fsp3) is 0.636. The molecule has 1 fully saturated rings. The van der Waals surface area contributed by atoms with Crippen molar-refractivity contribution in [3.63, 3.8) is 0 Å². The second kappa shape index (κ2) is 15.7.